The van der Waals surface area contributed by atoms with Crippen molar-refractivity contribution in [1.29, 1.82) is 0 Å². The highest BCUT2D eigenvalue weighted by molar-refractivity contribution is 6.01. The molecule has 1 heterocycles. The highest BCUT2D eigenvalue weighted by atomic mass is 19.1. The second-order valence-electron chi connectivity index (χ2n) is 7.09. The van der Waals surface area contributed by atoms with E-state index in [2.05, 4.69) is 10.5 Å². The van der Waals surface area contributed by atoms with Gasteiger partial charge in [0.05, 0.1) is 12.3 Å². The van der Waals surface area contributed by atoms with Crippen LogP contribution in [0.1, 0.15) is 31.4 Å². The summed E-state index contributed by atoms with van der Waals surface area (Å²) in [5, 5.41) is 6.95. The van der Waals surface area contributed by atoms with Crippen LogP contribution in [0.15, 0.2) is 53.7 Å². The molecule has 1 aliphatic heterocycles. The molecule has 148 valence electrons. The van der Waals surface area contributed by atoms with E-state index in [0.29, 0.717) is 24.2 Å². The molecule has 5 nitrogen and oxygen atoms in total. The fourth-order valence-electron chi connectivity index (χ4n) is 3.00. The van der Waals surface area contributed by atoms with Gasteiger partial charge in [-0.25, -0.2) is 13.6 Å². The molecule has 1 N–H and O–H groups in total. The van der Waals surface area contributed by atoms with Gasteiger partial charge in [0.2, 0.25) is 0 Å². The van der Waals surface area contributed by atoms with Gasteiger partial charge in [0, 0.05) is 19.0 Å². The predicted molar refractivity (Wildman–Crippen MR) is 103 cm³/mol. The summed E-state index contributed by atoms with van der Waals surface area (Å²) in [4.78, 5) is 19.7. The first-order valence-corrected chi connectivity index (χ1v) is 9.19. The number of urea groups is 1. The number of carbonyl (C=O) groups is 1. The zero-order chi connectivity index (χ0) is 20.1. The molecule has 2 aromatic carbocycles. The molecule has 0 spiro atoms. The van der Waals surface area contributed by atoms with Crippen LogP contribution in [-0.2, 0) is 11.4 Å². The predicted octanol–water partition coefficient (Wildman–Crippen LogP) is 4.08. The number of hydrogen-bond donors (Lipinski definition) is 1. The van der Waals surface area contributed by atoms with E-state index in [9.17, 15) is 13.6 Å². The molecule has 0 bridgehead atoms. The minimum Gasteiger partial charge on any atom is -0.390 e. The van der Waals surface area contributed by atoms with Crippen LogP contribution in [0.25, 0.3) is 0 Å². The number of carbonyl (C=O) groups excluding carboxylic acids is 1. The van der Waals surface area contributed by atoms with Gasteiger partial charge in [-0.3, -0.25) is 0 Å². The van der Waals surface area contributed by atoms with E-state index in [1.807, 2.05) is 13.8 Å². The summed E-state index contributed by atoms with van der Waals surface area (Å²) in [5.41, 5.74) is 2.18. The Morgan fingerprint density at radius 1 is 1.21 bits per heavy atom. The number of rotatable bonds is 6. The maximum absolute atomic E-state index is 13.5. The second-order valence-corrected chi connectivity index (χ2v) is 7.09. The van der Waals surface area contributed by atoms with Gasteiger partial charge in [-0.15, -0.1) is 0 Å². The zero-order valence-electron chi connectivity index (χ0n) is 15.9. The molecule has 1 atom stereocenters. The lowest BCUT2D eigenvalue weighted by Crippen LogP contribution is -2.45. The van der Waals surface area contributed by atoms with E-state index < -0.39 is 0 Å². The molecular weight excluding hydrogens is 364 g/mol. The topological polar surface area (TPSA) is 53.9 Å². The lowest BCUT2D eigenvalue weighted by atomic mass is 10.0. The van der Waals surface area contributed by atoms with E-state index in [4.69, 9.17) is 4.84 Å². The largest absolute Gasteiger partial charge is 0.390 e. The minimum absolute atomic E-state index is 0.0296. The summed E-state index contributed by atoms with van der Waals surface area (Å²) >= 11 is 0. The fourth-order valence-corrected chi connectivity index (χ4v) is 3.00. The first kappa shape index (κ1) is 19.8. The van der Waals surface area contributed by atoms with Gasteiger partial charge in [0.25, 0.3) is 0 Å². The summed E-state index contributed by atoms with van der Waals surface area (Å²) in [6.45, 7) is 4.30. The van der Waals surface area contributed by atoms with Gasteiger partial charge in [-0.2, -0.15) is 0 Å². The fraction of sp³-hybridized carbons (Fsp3) is 0.333. The van der Waals surface area contributed by atoms with Gasteiger partial charge >= 0.3 is 6.03 Å². The average Bonchev–Trinajstić information content (AvgIpc) is 3.10. The Morgan fingerprint density at radius 3 is 2.64 bits per heavy atom. The Kier molecular flexibility index (Phi) is 6.23. The van der Waals surface area contributed by atoms with Crippen LogP contribution in [0, 0.1) is 11.6 Å². The van der Waals surface area contributed by atoms with Gasteiger partial charge in [-0.1, -0.05) is 29.4 Å². The van der Waals surface area contributed by atoms with Crippen molar-refractivity contribution in [1.82, 2.24) is 10.2 Å². The molecule has 2 aromatic rings. The number of oxime groups is 1. The molecular formula is C21H23F2N3O2. The molecule has 2 amide bonds. The molecule has 0 radical (unpaired) electrons. The monoisotopic (exact) mass is 387 g/mol. The van der Waals surface area contributed by atoms with Crippen molar-refractivity contribution < 1.29 is 18.4 Å². The van der Waals surface area contributed by atoms with E-state index in [0.717, 1.165) is 5.56 Å². The molecule has 0 saturated carbocycles. The molecule has 28 heavy (non-hydrogen) atoms. The standard InChI is InChI=1S/C21H23F2N3O2/c1-14(2)24-21(27)26(12-15-4-3-5-18(23)10-15)13-19-11-20(25-28-19)16-6-8-17(22)9-7-16/h3-10,14,19H,11-13H2,1-2H3,(H,24,27). The van der Waals surface area contributed by atoms with Gasteiger partial charge < -0.3 is 15.1 Å². The van der Waals surface area contributed by atoms with Gasteiger partial charge in [-0.05, 0) is 49.2 Å². The lowest BCUT2D eigenvalue weighted by Gasteiger charge is -2.26. The molecule has 0 aliphatic carbocycles. The van der Waals surface area contributed by atoms with Gasteiger partial charge in [0.15, 0.2) is 6.10 Å². The van der Waals surface area contributed by atoms with Crippen LogP contribution in [-0.4, -0.2) is 35.3 Å². The van der Waals surface area contributed by atoms with Gasteiger partial charge in [0.1, 0.15) is 11.6 Å². The van der Waals surface area contributed by atoms with Crippen molar-refractivity contribution >= 4 is 11.7 Å². The summed E-state index contributed by atoms with van der Waals surface area (Å²) in [6.07, 6.45) is 0.173. The Bertz CT molecular complexity index is 853. The van der Waals surface area contributed by atoms with Crippen LogP contribution >= 0.6 is 0 Å². The highest BCUT2D eigenvalue weighted by Gasteiger charge is 2.27. The van der Waals surface area contributed by atoms with E-state index >= 15 is 0 Å². The van der Waals surface area contributed by atoms with Crippen LogP contribution in [0.3, 0.4) is 0 Å². The van der Waals surface area contributed by atoms with Crippen molar-refractivity contribution in [2.45, 2.75) is 39.0 Å². The molecule has 3 rings (SSSR count). The number of nitrogens with one attached hydrogen (secondary N) is 1. The molecule has 1 aliphatic rings. The third-order valence-electron chi connectivity index (χ3n) is 4.30. The molecule has 1 unspecified atom stereocenters. The van der Waals surface area contributed by atoms with Crippen LogP contribution in [0.4, 0.5) is 13.6 Å². The summed E-state index contributed by atoms with van der Waals surface area (Å²) in [5.74, 6) is -0.660. The zero-order valence-corrected chi connectivity index (χ0v) is 15.9. The molecule has 0 fully saturated rings. The Hall–Kier alpha value is -2.96. The molecule has 0 aromatic heterocycles. The Labute approximate surface area is 163 Å². The third-order valence-corrected chi connectivity index (χ3v) is 4.30. The summed E-state index contributed by atoms with van der Waals surface area (Å²) in [7, 11) is 0. The van der Waals surface area contributed by atoms with Crippen LogP contribution < -0.4 is 5.32 Å². The number of nitrogens with zero attached hydrogens (tertiary/aromatic N) is 2. The van der Waals surface area contributed by atoms with Crippen molar-refractivity contribution in [3.63, 3.8) is 0 Å². The third kappa shape index (κ3) is 5.28. The van der Waals surface area contributed by atoms with Crippen LogP contribution in [0.5, 0.6) is 0 Å². The summed E-state index contributed by atoms with van der Waals surface area (Å²) < 4.78 is 26.6. The van der Waals surface area contributed by atoms with Crippen molar-refractivity contribution in [3.05, 3.63) is 71.3 Å². The lowest BCUT2D eigenvalue weighted by molar-refractivity contribution is 0.0586. The van der Waals surface area contributed by atoms with Crippen molar-refractivity contribution in [2.24, 2.45) is 5.16 Å². The number of amides is 2. The first-order valence-electron chi connectivity index (χ1n) is 9.19. The highest BCUT2D eigenvalue weighted by Crippen LogP contribution is 2.19. The van der Waals surface area contributed by atoms with E-state index in [1.165, 1.54) is 24.3 Å². The van der Waals surface area contributed by atoms with Crippen LogP contribution in [0.2, 0.25) is 0 Å². The number of hydrogen-bond acceptors (Lipinski definition) is 3. The average molecular weight is 387 g/mol. The summed E-state index contributed by atoms with van der Waals surface area (Å²) in [6, 6.07) is 11.9. The number of halogens is 2. The SMILES string of the molecule is CC(C)NC(=O)N(Cc1cccc(F)c1)CC1CC(c2ccc(F)cc2)=NO1. The van der Waals surface area contributed by atoms with E-state index in [-0.39, 0.29) is 36.4 Å². The van der Waals surface area contributed by atoms with Crippen molar-refractivity contribution in [3.8, 4) is 0 Å². The quantitative estimate of drug-likeness (QED) is 0.812. The molecule has 7 heteroatoms. The number of benzene rings is 2. The smallest absolute Gasteiger partial charge is 0.318 e. The maximum Gasteiger partial charge on any atom is 0.318 e. The second kappa shape index (κ2) is 8.82. The Balaban J connectivity index is 1.67. The van der Waals surface area contributed by atoms with E-state index in [1.54, 1.807) is 29.2 Å². The minimum atomic E-state index is -0.347. The normalized spacial score (nSPS) is 15.9. The first-order chi connectivity index (χ1) is 13.4. The maximum atomic E-state index is 13.5. The molecule has 0 saturated heterocycles. The van der Waals surface area contributed by atoms with Crippen molar-refractivity contribution in [2.75, 3.05) is 6.54 Å². The Morgan fingerprint density at radius 2 is 1.96 bits per heavy atom.